The highest BCUT2D eigenvalue weighted by molar-refractivity contribution is 7.26. The van der Waals surface area contributed by atoms with E-state index < -0.39 is 0 Å². The number of hydrogen-bond acceptors (Lipinski definition) is 6. The molecule has 0 bridgehead atoms. The van der Waals surface area contributed by atoms with Crippen LogP contribution >= 0.6 is 11.3 Å². The van der Waals surface area contributed by atoms with Crippen LogP contribution in [0, 0.1) is 11.3 Å². The fraction of sp³-hybridized carbons (Fsp3) is 0.115. The highest BCUT2D eigenvalue weighted by Gasteiger charge is 2.44. The summed E-state index contributed by atoms with van der Waals surface area (Å²) < 4.78 is 8.64. The minimum absolute atomic E-state index is 0.0147. The Morgan fingerprint density at radius 1 is 0.500 bits per heavy atom. The molecule has 2 aliphatic rings. The van der Waals surface area contributed by atoms with Crippen LogP contribution in [-0.4, -0.2) is 15.0 Å². The number of benzene rings is 7. The van der Waals surface area contributed by atoms with Crippen LogP contribution < -0.4 is 0 Å². The molecule has 1 fully saturated rings. The monoisotopic (exact) mass is 762 g/mol. The van der Waals surface area contributed by atoms with Gasteiger partial charge in [-0.2, -0.15) is 5.26 Å². The normalized spacial score (nSPS) is 14.3. The van der Waals surface area contributed by atoms with Crippen molar-refractivity contribution in [1.29, 1.82) is 5.26 Å². The predicted molar refractivity (Wildman–Crippen MR) is 236 cm³/mol. The predicted octanol–water partition coefficient (Wildman–Crippen LogP) is 13.9. The zero-order valence-corrected chi connectivity index (χ0v) is 32.3. The van der Waals surface area contributed by atoms with E-state index in [2.05, 4.69) is 91.0 Å². The van der Waals surface area contributed by atoms with Crippen molar-refractivity contribution in [3.05, 3.63) is 162 Å². The first-order chi connectivity index (χ1) is 28.6. The molecule has 7 aromatic carbocycles. The Balaban J connectivity index is 0.986. The van der Waals surface area contributed by atoms with Gasteiger partial charge in [-0.15, -0.1) is 11.3 Å². The van der Waals surface area contributed by atoms with Crippen molar-refractivity contribution in [3.8, 4) is 62.5 Å². The maximum Gasteiger partial charge on any atom is 0.165 e. The Labute approximate surface area is 338 Å². The van der Waals surface area contributed by atoms with Gasteiger partial charge in [0.1, 0.15) is 11.2 Å². The third-order valence-corrected chi connectivity index (χ3v) is 13.8. The van der Waals surface area contributed by atoms with Crippen molar-refractivity contribution in [2.24, 2.45) is 0 Å². The largest absolute Gasteiger partial charge is 0.456 e. The molecule has 3 heterocycles. The lowest BCUT2D eigenvalue weighted by Gasteiger charge is -2.36. The van der Waals surface area contributed by atoms with Crippen molar-refractivity contribution >= 4 is 53.4 Å². The molecule has 0 amide bonds. The quantitative estimate of drug-likeness (QED) is 0.178. The molecule has 3 aromatic heterocycles. The molecule has 274 valence electrons. The number of thiophene rings is 1. The molecule has 1 saturated carbocycles. The number of nitrogens with zero attached hydrogens (tertiary/aromatic N) is 4. The van der Waals surface area contributed by atoms with Crippen molar-refractivity contribution < 1.29 is 4.42 Å². The number of aromatic nitrogens is 3. The van der Waals surface area contributed by atoms with Crippen LogP contribution in [-0.2, 0) is 5.41 Å². The highest BCUT2D eigenvalue weighted by Crippen LogP contribution is 2.56. The Bertz CT molecular complexity index is 3350. The molecule has 0 unspecified atom stereocenters. The van der Waals surface area contributed by atoms with Crippen molar-refractivity contribution in [2.75, 3.05) is 0 Å². The number of furan rings is 1. The SMILES string of the molecule is N#Cc1ccc2c(c1)-c1ccc(-c3ccc4sc5c(-c6nc(-c7ccccc7)nc(-c7ccc8c(c7)oc7ccccc78)n6)cccc5c4c3)cc1C21CCCCC1. The Hall–Kier alpha value is -6.94. The van der Waals surface area contributed by atoms with Crippen LogP contribution in [0.1, 0.15) is 48.8 Å². The summed E-state index contributed by atoms with van der Waals surface area (Å²) in [4.78, 5) is 15.3. The summed E-state index contributed by atoms with van der Waals surface area (Å²) >= 11 is 1.79. The Kier molecular flexibility index (Phi) is 7.33. The van der Waals surface area contributed by atoms with Gasteiger partial charge in [0.2, 0.25) is 0 Å². The lowest BCUT2D eigenvalue weighted by atomic mass is 9.67. The van der Waals surface area contributed by atoms with Gasteiger partial charge in [0, 0.05) is 53.1 Å². The van der Waals surface area contributed by atoms with E-state index in [0.29, 0.717) is 17.5 Å². The number of nitriles is 1. The van der Waals surface area contributed by atoms with Crippen LogP contribution in [0.5, 0.6) is 0 Å². The summed E-state index contributed by atoms with van der Waals surface area (Å²) in [7, 11) is 0. The Morgan fingerprint density at radius 3 is 2.12 bits per heavy atom. The second-order valence-corrected chi connectivity index (χ2v) is 16.8. The van der Waals surface area contributed by atoms with Gasteiger partial charge in [-0.25, -0.2) is 15.0 Å². The van der Waals surface area contributed by atoms with Crippen molar-refractivity contribution in [3.63, 3.8) is 0 Å². The molecule has 6 heteroatoms. The summed E-state index contributed by atoms with van der Waals surface area (Å²) in [5, 5.41) is 14.3. The molecule has 5 nitrogen and oxygen atoms in total. The third-order valence-electron chi connectivity index (χ3n) is 12.6. The minimum Gasteiger partial charge on any atom is -0.456 e. The molecule has 0 saturated heterocycles. The lowest BCUT2D eigenvalue weighted by Crippen LogP contribution is -2.28. The maximum atomic E-state index is 9.75. The van der Waals surface area contributed by atoms with Crippen LogP contribution in [0.25, 0.3) is 98.5 Å². The molecule has 58 heavy (non-hydrogen) atoms. The van der Waals surface area contributed by atoms with Gasteiger partial charge in [0.15, 0.2) is 17.5 Å². The van der Waals surface area contributed by atoms with E-state index >= 15 is 0 Å². The number of rotatable bonds is 4. The molecule has 1 spiro atoms. The number of para-hydroxylation sites is 1. The summed E-state index contributed by atoms with van der Waals surface area (Å²) in [6.07, 6.45) is 6.04. The first-order valence-corrected chi connectivity index (χ1v) is 20.8. The summed E-state index contributed by atoms with van der Waals surface area (Å²) in [6, 6.07) is 53.6. The lowest BCUT2D eigenvalue weighted by molar-refractivity contribution is 0.353. The second kappa shape index (κ2) is 12.8. The summed E-state index contributed by atoms with van der Waals surface area (Å²) in [6.45, 7) is 0. The van der Waals surface area contributed by atoms with Gasteiger partial charge < -0.3 is 4.42 Å². The maximum absolute atomic E-state index is 9.75. The van der Waals surface area contributed by atoms with Gasteiger partial charge in [-0.1, -0.05) is 110 Å². The molecule has 0 radical (unpaired) electrons. The second-order valence-electron chi connectivity index (χ2n) is 15.8. The minimum atomic E-state index is 0.0147. The smallest absolute Gasteiger partial charge is 0.165 e. The molecule has 0 atom stereocenters. The van der Waals surface area contributed by atoms with E-state index in [1.54, 1.807) is 11.3 Å². The third kappa shape index (κ3) is 5.03. The van der Waals surface area contributed by atoms with Crippen LogP contribution in [0.15, 0.2) is 150 Å². The average molecular weight is 763 g/mol. The summed E-state index contributed by atoms with van der Waals surface area (Å²) in [5.74, 6) is 1.87. The molecule has 12 rings (SSSR count). The molecule has 0 N–H and O–H groups in total. The van der Waals surface area contributed by atoms with E-state index in [4.69, 9.17) is 19.4 Å². The highest BCUT2D eigenvalue weighted by atomic mass is 32.1. The zero-order chi connectivity index (χ0) is 38.4. The Morgan fingerprint density at radius 2 is 1.24 bits per heavy atom. The van der Waals surface area contributed by atoms with Gasteiger partial charge in [0.05, 0.1) is 11.6 Å². The van der Waals surface area contributed by atoms with E-state index in [-0.39, 0.29) is 5.41 Å². The van der Waals surface area contributed by atoms with E-state index in [1.807, 2.05) is 60.7 Å². The first kappa shape index (κ1) is 33.2. The fourth-order valence-electron chi connectivity index (χ4n) is 9.81. The van der Waals surface area contributed by atoms with Gasteiger partial charge >= 0.3 is 0 Å². The molecule has 0 aliphatic heterocycles. The van der Waals surface area contributed by atoms with Crippen LogP contribution in [0.2, 0.25) is 0 Å². The molecule has 2 aliphatic carbocycles. The van der Waals surface area contributed by atoms with Crippen molar-refractivity contribution in [2.45, 2.75) is 37.5 Å². The molecular weight excluding hydrogens is 729 g/mol. The van der Waals surface area contributed by atoms with Crippen LogP contribution in [0.4, 0.5) is 0 Å². The standard InChI is InChI=1S/C52H34N4OS/c53-30-31-16-22-43-41(26-31)36-20-17-34(28-44(36)52(43)24-7-2-8-25-52)33-19-23-47-42(27-33)39-13-9-14-40(48(39)58-47)51-55-49(32-10-3-1-4-11-32)54-50(56-51)35-18-21-38-37-12-5-6-15-45(37)57-46(38)29-35/h1,3-6,9-23,26-29H,2,7-8,24-25H2. The van der Waals surface area contributed by atoms with E-state index in [0.717, 1.165) is 61.7 Å². The van der Waals surface area contributed by atoms with E-state index in [1.165, 1.54) is 68.1 Å². The van der Waals surface area contributed by atoms with E-state index in [9.17, 15) is 5.26 Å². The summed E-state index contributed by atoms with van der Waals surface area (Å²) in [5.41, 5.74) is 13.0. The zero-order valence-electron chi connectivity index (χ0n) is 31.5. The van der Waals surface area contributed by atoms with Crippen molar-refractivity contribution in [1.82, 2.24) is 15.0 Å². The fourth-order valence-corrected chi connectivity index (χ4v) is 11.0. The van der Waals surface area contributed by atoms with Gasteiger partial charge in [0.25, 0.3) is 0 Å². The number of fused-ring (bicyclic) bond motifs is 11. The molecular formula is C52H34N4OS. The van der Waals surface area contributed by atoms with Gasteiger partial charge in [-0.05, 0) is 101 Å². The average Bonchev–Trinajstić information content (AvgIpc) is 3.94. The van der Waals surface area contributed by atoms with Gasteiger partial charge in [-0.3, -0.25) is 0 Å². The number of hydrogen-bond donors (Lipinski definition) is 0. The molecule has 10 aromatic rings. The topological polar surface area (TPSA) is 75.6 Å². The van der Waals surface area contributed by atoms with Crippen LogP contribution in [0.3, 0.4) is 0 Å². The first-order valence-electron chi connectivity index (χ1n) is 20.0.